The van der Waals surface area contributed by atoms with Crippen molar-refractivity contribution in [1.82, 2.24) is 5.32 Å². The van der Waals surface area contributed by atoms with Gasteiger partial charge in [0.2, 0.25) is 5.91 Å². The summed E-state index contributed by atoms with van der Waals surface area (Å²) in [4.78, 5) is 11.8. The van der Waals surface area contributed by atoms with E-state index in [2.05, 4.69) is 18.5 Å². The maximum absolute atomic E-state index is 11.8. The van der Waals surface area contributed by atoms with Crippen molar-refractivity contribution >= 4 is 17.7 Å². The highest BCUT2D eigenvalue weighted by atomic mass is 32.2. The molecule has 1 aromatic carbocycles. The van der Waals surface area contributed by atoms with E-state index in [1.807, 2.05) is 0 Å². The number of rotatable bonds is 7. The summed E-state index contributed by atoms with van der Waals surface area (Å²) < 4.78 is 0. The van der Waals surface area contributed by atoms with Gasteiger partial charge in [-0.05, 0) is 42.0 Å². The van der Waals surface area contributed by atoms with Gasteiger partial charge in [-0.15, -0.1) is 0 Å². The van der Waals surface area contributed by atoms with E-state index in [0.29, 0.717) is 18.9 Å². The lowest BCUT2D eigenvalue weighted by atomic mass is 10.1. The second kappa shape index (κ2) is 8.07. The van der Waals surface area contributed by atoms with Gasteiger partial charge in [-0.3, -0.25) is 4.79 Å². The van der Waals surface area contributed by atoms with E-state index in [4.69, 9.17) is 5.73 Å². The van der Waals surface area contributed by atoms with Crippen molar-refractivity contribution in [2.24, 2.45) is 11.7 Å². The van der Waals surface area contributed by atoms with Gasteiger partial charge in [0.25, 0.3) is 0 Å². The summed E-state index contributed by atoms with van der Waals surface area (Å²) >= 11 is 1.77. The molecule has 106 valence electrons. The van der Waals surface area contributed by atoms with Gasteiger partial charge in [0.15, 0.2) is 0 Å². The number of phenols is 1. The van der Waals surface area contributed by atoms with Crippen LogP contribution >= 0.6 is 11.8 Å². The Balaban J connectivity index is 2.38. The molecule has 0 radical (unpaired) electrons. The number of hydrogen-bond donors (Lipinski definition) is 3. The van der Waals surface area contributed by atoms with Crippen LogP contribution < -0.4 is 11.1 Å². The first kappa shape index (κ1) is 15.9. The van der Waals surface area contributed by atoms with Crippen molar-refractivity contribution in [3.63, 3.8) is 0 Å². The molecule has 0 fully saturated rings. The zero-order chi connectivity index (χ0) is 14.3. The fourth-order valence-corrected chi connectivity index (χ4v) is 2.41. The number of nitrogens with two attached hydrogens (primary N) is 1. The molecule has 1 rings (SSSR count). The topological polar surface area (TPSA) is 75.4 Å². The van der Waals surface area contributed by atoms with Crippen LogP contribution in [-0.4, -0.2) is 35.6 Å². The largest absolute Gasteiger partial charge is 0.508 e. The molecule has 5 heteroatoms. The van der Waals surface area contributed by atoms with Crippen molar-refractivity contribution < 1.29 is 9.90 Å². The SMILES string of the molecule is CSCC(C)CNC(=O)[C@H](N)Cc1ccc(O)cc1. The normalized spacial score (nSPS) is 13.8. The van der Waals surface area contributed by atoms with Crippen LogP contribution in [0.2, 0.25) is 0 Å². The van der Waals surface area contributed by atoms with Crippen LogP contribution in [-0.2, 0) is 11.2 Å². The molecule has 19 heavy (non-hydrogen) atoms. The first-order valence-electron chi connectivity index (χ1n) is 6.33. The number of amides is 1. The Kier molecular flexibility index (Phi) is 6.73. The summed E-state index contributed by atoms with van der Waals surface area (Å²) in [5, 5.41) is 12.1. The monoisotopic (exact) mass is 282 g/mol. The highest BCUT2D eigenvalue weighted by Crippen LogP contribution is 2.11. The van der Waals surface area contributed by atoms with Gasteiger partial charge in [0.1, 0.15) is 5.75 Å². The molecule has 1 amide bonds. The highest BCUT2D eigenvalue weighted by molar-refractivity contribution is 7.98. The lowest BCUT2D eigenvalue weighted by molar-refractivity contribution is -0.122. The van der Waals surface area contributed by atoms with Gasteiger partial charge in [0, 0.05) is 6.54 Å². The van der Waals surface area contributed by atoms with Gasteiger partial charge in [0.05, 0.1) is 6.04 Å². The Morgan fingerprint density at radius 1 is 1.42 bits per heavy atom. The van der Waals surface area contributed by atoms with Gasteiger partial charge in [-0.25, -0.2) is 0 Å². The van der Waals surface area contributed by atoms with Crippen LogP contribution in [0.1, 0.15) is 12.5 Å². The molecule has 0 saturated heterocycles. The molecule has 0 heterocycles. The predicted octanol–water partition coefficient (Wildman–Crippen LogP) is 1.38. The number of thioether (sulfide) groups is 1. The number of carbonyl (C=O) groups excluding carboxylic acids is 1. The summed E-state index contributed by atoms with van der Waals surface area (Å²) in [6, 6.07) is 6.20. The van der Waals surface area contributed by atoms with Crippen LogP contribution in [0.5, 0.6) is 5.75 Å². The molecule has 0 aromatic heterocycles. The molecular formula is C14H22N2O2S. The van der Waals surface area contributed by atoms with Crippen molar-refractivity contribution in [3.8, 4) is 5.75 Å². The average molecular weight is 282 g/mol. The van der Waals surface area contributed by atoms with Gasteiger partial charge < -0.3 is 16.2 Å². The Labute approximate surface area is 118 Å². The van der Waals surface area contributed by atoms with Crippen LogP contribution in [0.25, 0.3) is 0 Å². The fraction of sp³-hybridized carbons (Fsp3) is 0.500. The molecule has 0 saturated carbocycles. The number of hydrogen-bond acceptors (Lipinski definition) is 4. The summed E-state index contributed by atoms with van der Waals surface area (Å²) in [5.74, 6) is 1.56. The number of aromatic hydroxyl groups is 1. The van der Waals surface area contributed by atoms with Crippen molar-refractivity contribution in [2.45, 2.75) is 19.4 Å². The standard InChI is InChI=1S/C14H22N2O2S/c1-10(9-19-2)8-16-14(18)13(15)7-11-3-5-12(17)6-4-11/h3-6,10,13,17H,7-9,15H2,1-2H3,(H,16,18)/t10?,13-/m1/s1. The Morgan fingerprint density at radius 3 is 2.63 bits per heavy atom. The molecule has 0 aliphatic carbocycles. The molecule has 0 aliphatic rings. The molecule has 2 atom stereocenters. The van der Waals surface area contributed by atoms with E-state index in [0.717, 1.165) is 11.3 Å². The van der Waals surface area contributed by atoms with E-state index in [-0.39, 0.29) is 11.7 Å². The second-order valence-electron chi connectivity index (χ2n) is 4.78. The first-order valence-corrected chi connectivity index (χ1v) is 7.72. The third-order valence-corrected chi connectivity index (χ3v) is 3.71. The molecule has 1 unspecified atom stereocenters. The molecule has 0 bridgehead atoms. The van der Waals surface area contributed by atoms with Crippen LogP contribution in [0.3, 0.4) is 0 Å². The van der Waals surface area contributed by atoms with E-state index < -0.39 is 6.04 Å². The predicted molar refractivity (Wildman–Crippen MR) is 80.3 cm³/mol. The molecular weight excluding hydrogens is 260 g/mol. The number of carbonyl (C=O) groups is 1. The third-order valence-electron chi connectivity index (χ3n) is 2.80. The summed E-state index contributed by atoms with van der Waals surface area (Å²) in [6.45, 7) is 2.76. The Morgan fingerprint density at radius 2 is 2.05 bits per heavy atom. The number of phenolic OH excluding ortho intramolecular Hbond substituents is 1. The summed E-state index contributed by atoms with van der Waals surface area (Å²) in [5.41, 5.74) is 6.81. The van der Waals surface area contributed by atoms with Crippen molar-refractivity contribution in [3.05, 3.63) is 29.8 Å². The zero-order valence-electron chi connectivity index (χ0n) is 11.4. The maximum Gasteiger partial charge on any atom is 0.237 e. The third kappa shape index (κ3) is 5.98. The number of nitrogens with one attached hydrogen (secondary N) is 1. The molecule has 0 spiro atoms. The quantitative estimate of drug-likeness (QED) is 0.706. The fourth-order valence-electron chi connectivity index (χ4n) is 1.73. The molecule has 1 aromatic rings. The van der Waals surface area contributed by atoms with E-state index in [1.54, 1.807) is 36.0 Å². The second-order valence-corrected chi connectivity index (χ2v) is 5.69. The Bertz CT molecular complexity index is 395. The van der Waals surface area contributed by atoms with Gasteiger partial charge in [-0.2, -0.15) is 11.8 Å². The van der Waals surface area contributed by atoms with Gasteiger partial charge in [-0.1, -0.05) is 19.1 Å². The van der Waals surface area contributed by atoms with Crippen molar-refractivity contribution in [2.75, 3.05) is 18.6 Å². The minimum absolute atomic E-state index is 0.124. The molecule has 4 N–H and O–H groups in total. The van der Waals surface area contributed by atoms with Crippen LogP contribution in [0, 0.1) is 5.92 Å². The zero-order valence-corrected chi connectivity index (χ0v) is 12.2. The van der Waals surface area contributed by atoms with Crippen LogP contribution in [0.15, 0.2) is 24.3 Å². The highest BCUT2D eigenvalue weighted by Gasteiger charge is 2.14. The first-order chi connectivity index (χ1) is 9.02. The molecule has 0 aliphatic heterocycles. The minimum atomic E-state index is -0.550. The van der Waals surface area contributed by atoms with Gasteiger partial charge >= 0.3 is 0 Å². The van der Waals surface area contributed by atoms with E-state index in [9.17, 15) is 9.90 Å². The lowest BCUT2D eigenvalue weighted by Gasteiger charge is -2.15. The summed E-state index contributed by atoms with van der Waals surface area (Å²) in [7, 11) is 0. The lowest BCUT2D eigenvalue weighted by Crippen LogP contribution is -2.43. The average Bonchev–Trinajstić information content (AvgIpc) is 2.39. The van der Waals surface area contributed by atoms with Crippen molar-refractivity contribution in [1.29, 1.82) is 0 Å². The smallest absolute Gasteiger partial charge is 0.237 e. The van der Waals surface area contributed by atoms with E-state index >= 15 is 0 Å². The van der Waals surface area contributed by atoms with Crippen LogP contribution in [0.4, 0.5) is 0 Å². The minimum Gasteiger partial charge on any atom is -0.508 e. The summed E-state index contributed by atoms with van der Waals surface area (Å²) in [6.07, 6.45) is 2.53. The molecule has 4 nitrogen and oxygen atoms in total. The Hall–Kier alpha value is -1.20. The van der Waals surface area contributed by atoms with E-state index in [1.165, 1.54) is 0 Å². The maximum atomic E-state index is 11.8. The number of benzene rings is 1.